The average molecular weight is 381 g/mol. The second-order valence-electron chi connectivity index (χ2n) is 7.29. The lowest BCUT2D eigenvalue weighted by Crippen LogP contribution is -2.45. The Balaban J connectivity index is 0.00000205. The Morgan fingerprint density at radius 3 is 2.96 bits per heavy atom. The number of nitrogens with one attached hydrogen (secondary N) is 1. The highest BCUT2D eigenvalue weighted by Gasteiger charge is 2.24. The molecule has 0 saturated carbocycles. The van der Waals surface area contributed by atoms with Crippen molar-refractivity contribution in [3.63, 3.8) is 0 Å². The maximum Gasteiger partial charge on any atom is 0.253 e. The second-order valence-corrected chi connectivity index (χ2v) is 7.29. The minimum atomic E-state index is -0.0883. The van der Waals surface area contributed by atoms with Crippen LogP contribution in [0.5, 0.6) is 5.75 Å². The highest BCUT2D eigenvalue weighted by atomic mass is 16.5. The van der Waals surface area contributed by atoms with Gasteiger partial charge < -0.3 is 15.0 Å². The molecular formula is C19H23N7O2. The number of ether oxygens (including phenoxy) is 1. The Kier molecular flexibility index (Phi) is 4.07. The van der Waals surface area contributed by atoms with Crippen LogP contribution < -0.4 is 15.0 Å². The topological polar surface area (TPSA) is 98.1 Å². The van der Waals surface area contributed by atoms with Crippen LogP contribution in [0.4, 0.5) is 5.95 Å². The number of piperidine rings is 1. The van der Waals surface area contributed by atoms with E-state index in [2.05, 4.69) is 36.8 Å². The fourth-order valence-corrected chi connectivity index (χ4v) is 3.95. The van der Waals surface area contributed by atoms with Crippen LogP contribution in [0.1, 0.15) is 30.2 Å². The third-order valence-corrected chi connectivity index (χ3v) is 5.48. The minimum Gasteiger partial charge on any atom is -0.491 e. The first kappa shape index (κ1) is 16.9. The van der Waals surface area contributed by atoms with Crippen molar-refractivity contribution < 1.29 is 11.0 Å². The van der Waals surface area contributed by atoms with Crippen molar-refractivity contribution >= 4 is 22.8 Å². The highest BCUT2D eigenvalue weighted by Crippen LogP contribution is 2.32. The number of nitrogens with zero attached hydrogens (tertiary/aromatic N) is 6. The monoisotopic (exact) mass is 381 g/mol. The molecule has 0 bridgehead atoms. The largest absolute Gasteiger partial charge is 0.491 e. The molecule has 1 saturated heterocycles. The summed E-state index contributed by atoms with van der Waals surface area (Å²) >= 11 is 0. The molecule has 0 atom stereocenters. The number of hydrogen-bond donors (Lipinski definition) is 1. The number of carbonyl (C=O) groups is 1. The number of amides is 1. The van der Waals surface area contributed by atoms with Gasteiger partial charge in [0.05, 0.1) is 12.2 Å². The number of fused-ring (bicyclic) bond motifs is 3. The first-order valence-electron chi connectivity index (χ1n) is 9.51. The van der Waals surface area contributed by atoms with Crippen LogP contribution in [0, 0.1) is 0 Å². The van der Waals surface area contributed by atoms with E-state index >= 15 is 0 Å². The average Bonchev–Trinajstić information content (AvgIpc) is 3.37. The number of benzene rings is 1. The summed E-state index contributed by atoms with van der Waals surface area (Å²) in [5, 5.41) is 15.7. The molecule has 0 radical (unpaired) electrons. The number of carbonyl (C=O) groups excluding carboxylic acids is 1. The predicted octanol–water partition coefficient (Wildman–Crippen LogP) is 1.34. The maximum atomic E-state index is 12.7. The fraction of sp³-hybridized carbons (Fsp3) is 0.421. The summed E-state index contributed by atoms with van der Waals surface area (Å²) in [7, 11) is 1.83. The molecule has 146 valence electrons. The first-order chi connectivity index (χ1) is 13.7. The third kappa shape index (κ3) is 2.92. The number of anilines is 1. The summed E-state index contributed by atoms with van der Waals surface area (Å²) in [5.74, 6) is 1.53. The van der Waals surface area contributed by atoms with Crippen molar-refractivity contribution in [3.05, 3.63) is 35.5 Å². The van der Waals surface area contributed by atoms with Gasteiger partial charge in [-0.15, -0.1) is 0 Å². The van der Waals surface area contributed by atoms with Crippen LogP contribution in [0.25, 0.3) is 10.9 Å². The summed E-state index contributed by atoms with van der Waals surface area (Å²) in [6, 6.07) is 6.09. The Morgan fingerprint density at radius 2 is 2.18 bits per heavy atom. The van der Waals surface area contributed by atoms with E-state index in [0.717, 1.165) is 55.0 Å². The van der Waals surface area contributed by atoms with E-state index < -0.39 is 0 Å². The number of aryl methyl sites for hydroxylation is 1. The molecule has 1 fully saturated rings. The van der Waals surface area contributed by atoms with Crippen molar-refractivity contribution in [3.8, 4) is 5.75 Å². The molecular weight excluding hydrogens is 358 g/mol. The van der Waals surface area contributed by atoms with E-state index in [-0.39, 0.29) is 13.4 Å². The number of pyridine rings is 1. The van der Waals surface area contributed by atoms with E-state index in [1.54, 1.807) is 10.9 Å². The molecule has 2 aliphatic heterocycles. The Labute approximate surface area is 163 Å². The fourth-order valence-electron chi connectivity index (χ4n) is 3.95. The number of hydrogen-bond acceptors (Lipinski definition) is 7. The van der Waals surface area contributed by atoms with Gasteiger partial charge in [0.2, 0.25) is 5.95 Å². The van der Waals surface area contributed by atoms with Gasteiger partial charge >= 0.3 is 0 Å². The molecule has 5 rings (SSSR count). The Hall–Kier alpha value is -3.23. The van der Waals surface area contributed by atoms with Crippen LogP contribution in [0.2, 0.25) is 0 Å². The van der Waals surface area contributed by atoms with Gasteiger partial charge in [0.15, 0.2) is 0 Å². The van der Waals surface area contributed by atoms with Crippen LogP contribution in [-0.4, -0.2) is 56.8 Å². The van der Waals surface area contributed by atoms with Crippen molar-refractivity contribution in [2.75, 3.05) is 24.6 Å². The standard InChI is InChI=1S/C19H21N7O2.H2/c1-25-19(22-23-24-25)26-7-4-15(5-8-26)21-18(27)14-10-13-3-2-12-6-9-28-17(12)16(13)20-11-14;/h2-3,10-11,15H,4-9H2,1H3,(H,21,27);1H. The van der Waals surface area contributed by atoms with E-state index in [1.165, 1.54) is 5.56 Å². The highest BCUT2D eigenvalue weighted by molar-refractivity contribution is 5.98. The molecule has 1 N–H and O–H groups in total. The van der Waals surface area contributed by atoms with Crippen molar-refractivity contribution in [1.82, 2.24) is 30.5 Å². The molecule has 28 heavy (non-hydrogen) atoms. The van der Waals surface area contributed by atoms with Gasteiger partial charge in [0, 0.05) is 45.6 Å². The van der Waals surface area contributed by atoms with E-state index in [0.29, 0.717) is 12.2 Å². The molecule has 9 nitrogen and oxygen atoms in total. The molecule has 2 aromatic heterocycles. The van der Waals surface area contributed by atoms with Crippen molar-refractivity contribution in [2.45, 2.75) is 25.3 Å². The SMILES string of the molecule is Cn1nnnc1N1CCC(NC(=O)c2cnc3c4c(ccc3c2)CCO4)CC1.[HH]. The molecule has 0 spiro atoms. The van der Waals surface area contributed by atoms with E-state index in [9.17, 15) is 4.79 Å². The molecule has 1 amide bonds. The lowest BCUT2D eigenvalue weighted by molar-refractivity contribution is 0.0931. The van der Waals surface area contributed by atoms with Gasteiger partial charge in [0.25, 0.3) is 5.91 Å². The molecule has 0 aliphatic carbocycles. The number of tetrazole rings is 1. The molecule has 9 heteroatoms. The van der Waals surface area contributed by atoms with Crippen LogP contribution in [-0.2, 0) is 13.5 Å². The van der Waals surface area contributed by atoms with Gasteiger partial charge in [-0.25, -0.2) is 4.68 Å². The zero-order valence-corrected chi connectivity index (χ0v) is 15.6. The minimum absolute atomic E-state index is 0. The lowest BCUT2D eigenvalue weighted by atomic mass is 10.0. The lowest BCUT2D eigenvalue weighted by Gasteiger charge is -2.32. The van der Waals surface area contributed by atoms with Crippen LogP contribution >= 0.6 is 0 Å². The first-order valence-corrected chi connectivity index (χ1v) is 9.51. The summed E-state index contributed by atoms with van der Waals surface area (Å²) in [5.41, 5.74) is 2.59. The normalized spacial score (nSPS) is 16.8. The second kappa shape index (κ2) is 6.74. The number of aromatic nitrogens is 5. The van der Waals surface area contributed by atoms with Gasteiger partial charge in [-0.2, -0.15) is 0 Å². The molecule has 0 unspecified atom stereocenters. The molecule has 2 aliphatic rings. The zero-order chi connectivity index (χ0) is 19.1. The van der Waals surface area contributed by atoms with Gasteiger partial charge in [-0.05, 0) is 34.9 Å². The molecule has 3 aromatic rings. The van der Waals surface area contributed by atoms with Gasteiger partial charge in [0.1, 0.15) is 11.3 Å². The summed E-state index contributed by atoms with van der Waals surface area (Å²) in [4.78, 5) is 19.4. The summed E-state index contributed by atoms with van der Waals surface area (Å²) in [6.45, 7) is 2.30. The molecule has 1 aromatic carbocycles. The maximum absolute atomic E-state index is 12.7. The predicted molar refractivity (Wildman–Crippen MR) is 105 cm³/mol. The van der Waals surface area contributed by atoms with E-state index in [4.69, 9.17) is 4.74 Å². The van der Waals surface area contributed by atoms with Crippen LogP contribution in [0.15, 0.2) is 24.4 Å². The Bertz CT molecular complexity index is 1050. The smallest absolute Gasteiger partial charge is 0.253 e. The Morgan fingerprint density at radius 1 is 1.32 bits per heavy atom. The number of rotatable bonds is 3. The quantitative estimate of drug-likeness (QED) is 0.731. The summed E-state index contributed by atoms with van der Waals surface area (Å²) in [6.07, 6.45) is 4.25. The third-order valence-electron chi connectivity index (χ3n) is 5.48. The summed E-state index contributed by atoms with van der Waals surface area (Å²) < 4.78 is 7.37. The van der Waals surface area contributed by atoms with Gasteiger partial charge in [-0.1, -0.05) is 17.2 Å². The van der Waals surface area contributed by atoms with Crippen molar-refractivity contribution in [2.24, 2.45) is 7.05 Å². The van der Waals surface area contributed by atoms with Crippen LogP contribution in [0.3, 0.4) is 0 Å². The zero-order valence-electron chi connectivity index (χ0n) is 15.6. The van der Waals surface area contributed by atoms with Crippen molar-refractivity contribution in [1.29, 1.82) is 0 Å². The van der Waals surface area contributed by atoms with E-state index in [1.807, 2.05) is 19.2 Å². The molecule has 4 heterocycles. The van der Waals surface area contributed by atoms with Gasteiger partial charge in [-0.3, -0.25) is 9.78 Å².